The molecule has 19 heavy (non-hydrogen) atoms. The third kappa shape index (κ3) is 3.15. The van der Waals surface area contributed by atoms with Crippen molar-refractivity contribution in [3.8, 4) is 0 Å². The molecule has 5 heteroatoms. The van der Waals surface area contributed by atoms with Crippen molar-refractivity contribution in [3.05, 3.63) is 17.5 Å². The first-order chi connectivity index (χ1) is 9.14. The number of aliphatic hydroxyl groups excluding tert-OH is 1. The highest BCUT2D eigenvalue weighted by atomic mass is 16.3. The van der Waals surface area contributed by atoms with Crippen LogP contribution in [0.4, 0.5) is 0 Å². The van der Waals surface area contributed by atoms with Gasteiger partial charge in [-0.1, -0.05) is 6.92 Å². The van der Waals surface area contributed by atoms with Gasteiger partial charge in [-0.2, -0.15) is 5.10 Å². The number of amides is 1. The zero-order valence-corrected chi connectivity index (χ0v) is 11.8. The summed E-state index contributed by atoms with van der Waals surface area (Å²) in [5.74, 6) is -0.0572. The molecule has 1 aliphatic carbocycles. The summed E-state index contributed by atoms with van der Waals surface area (Å²) >= 11 is 0. The molecule has 1 aromatic rings. The van der Waals surface area contributed by atoms with Crippen LogP contribution in [0, 0.1) is 5.41 Å². The molecule has 0 aromatic carbocycles. The largest absolute Gasteiger partial charge is 0.396 e. The van der Waals surface area contributed by atoms with Gasteiger partial charge in [0.25, 0.3) is 5.91 Å². The lowest BCUT2D eigenvalue weighted by molar-refractivity contribution is 0.0930. The number of carbonyl (C=O) groups is 1. The minimum absolute atomic E-state index is 0.0572. The Morgan fingerprint density at radius 3 is 2.79 bits per heavy atom. The lowest BCUT2D eigenvalue weighted by Crippen LogP contribution is -2.32. The normalized spacial score (nSPS) is 16.4. The topological polar surface area (TPSA) is 67.2 Å². The number of nitrogens with one attached hydrogen (secondary N) is 1. The van der Waals surface area contributed by atoms with Gasteiger partial charge >= 0.3 is 0 Å². The molecule has 1 saturated carbocycles. The highest BCUT2D eigenvalue weighted by Gasteiger charge is 2.42. The third-order valence-corrected chi connectivity index (χ3v) is 3.95. The van der Waals surface area contributed by atoms with Crippen LogP contribution in [0.2, 0.25) is 0 Å². The van der Waals surface area contributed by atoms with Gasteiger partial charge in [0, 0.05) is 19.7 Å². The highest BCUT2D eigenvalue weighted by molar-refractivity contribution is 5.92. The Labute approximate surface area is 114 Å². The Morgan fingerprint density at radius 2 is 2.26 bits per heavy atom. The van der Waals surface area contributed by atoms with Crippen LogP contribution in [0.15, 0.2) is 6.07 Å². The number of aliphatic hydroxyl groups is 1. The van der Waals surface area contributed by atoms with E-state index in [0.29, 0.717) is 18.8 Å². The van der Waals surface area contributed by atoms with Crippen LogP contribution >= 0.6 is 0 Å². The summed E-state index contributed by atoms with van der Waals surface area (Å²) in [4.78, 5) is 12.2. The fourth-order valence-corrected chi connectivity index (χ4v) is 2.35. The zero-order valence-electron chi connectivity index (χ0n) is 11.8. The van der Waals surface area contributed by atoms with Crippen molar-refractivity contribution in [2.24, 2.45) is 5.41 Å². The van der Waals surface area contributed by atoms with E-state index in [1.54, 1.807) is 4.68 Å². The zero-order chi connectivity index (χ0) is 13.9. The highest BCUT2D eigenvalue weighted by Crippen LogP contribution is 2.47. The molecule has 2 rings (SSSR count). The molecule has 0 atom stereocenters. The van der Waals surface area contributed by atoms with Crippen LogP contribution in [0.5, 0.6) is 0 Å². The van der Waals surface area contributed by atoms with E-state index in [-0.39, 0.29) is 17.9 Å². The second-order valence-electron chi connectivity index (χ2n) is 5.35. The molecule has 0 radical (unpaired) electrons. The molecular formula is C14H23N3O2. The SMILES string of the molecule is CCc1cc(C(=O)NCC2(CCO)CC2)n(CC)n1. The standard InChI is InChI=1S/C14H23N3O2/c1-3-11-9-12(17(4-2)16-11)13(19)15-10-14(5-6-14)7-8-18/h9,18H,3-8,10H2,1-2H3,(H,15,19). The monoisotopic (exact) mass is 265 g/mol. The summed E-state index contributed by atoms with van der Waals surface area (Å²) in [6, 6.07) is 1.87. The molecule has 1 aliphatic rings. The van der Waals surface area contributed by atoms with Crippen molar-refractivity contribution in [3.63, 3.8) is 0 Å². The molecule has 5 nitrogen and oxygen atoms in total. The van der Waals surface area contributed by atoms with E-state index < -0.39 is 0 Å². The van der Waals surface area contributed by atoms with Gasteiger partial charge in [-0.15, -0.1) is 0 Å². The predicted octanol–water partition coefficient (Wildman–Crippen LogP) is 1.36. The Hall–Kier alpha value is -1.36. The van der Waals surface area contributed by atoms with Crippen molar-refractivity contribution in [2.45, 2.75) is 46.1 Å². The van der Waals surface area contributed by atoms with Crippen molar-refractivity contribution >= 4 is 5.91 Å². The minimum atomic E-state index is -0.0572. The summed E-state index contributed by atoms with van der Waals surface area (Å²) in [5.41, 5.74) is 1.73. The van der Waals surface area contributed by atoms with E-state index in [9.17, 15) is 4.79 Å². The molecule has 2 N–H and O–H groups in total. The molecule has 0 unspecified atom stereocenters. The number of carbonyl (C=O) groups excluding carboxylic acids is 1. The summed E-state index contributed by atoms with van der Waals surface area (Å²) in [5, 5.41) is 16.4. The second kappa shape index (κ2) is 5.74. The van der Waals surface area contributed by atoms with Gasteiger partial charge in [-0.3, -0.25) is 9.48 Å². The first-order valence-corrected chi connectivity index (χ1v) is 7.10. The maximum absolute atomic E-state index is 12.2. The van der Waals surface area contributed by atoms with Gasteiger partial charge in [0.2, 0.25) is 0 Å². The molecule has 0 aliphatic heterocycles. The van der Waals surface area contributed by atoms with Gasteiger partial charge < -0.3 is 10.4 Å². The molecular weight excluding hydrogens is 242 g/mol. The number of hydrogen-bond donors (Lipinski definition) is 2. The van der Waals surface area contributed by atoms with Crippen molar-refractivity contribution in [1.29, 1.82) is 0 Å². The molecule has 1 fully saturated rings. The molecule has 0 spiro atoms. The van der Waals surface area contributed by atoms with Crippen LogP contribution in [-0.4, -0.2) is 33.9 Å². The van der Waals surface area contributed by atoms with Crippen LogP contribution in [0.1, 0.15) is 49.3 Å². The quantitative estimate of drug-likeness (QED) is 0.782. The number of nitrogens with zero attached hydrogens (tertiary/aromatic N) is 2. The van der Waals surface area contributed by atoms with Gasteiger partial charge in [0.15, 0.2) is 0 Å². The Morgan fingerprint density at radius 1 is 1.53 bits per heavy atom. The fourth-order valence-electron chi connectivity index (χ4n) is 2.35. The van der Waals surface area contributed by atoms with Gasteiger partial charge in [-0.05, 0) is 44.1 Å². The van der Waals surface area contributed by atoms with E-state index in [1.807, 2.05) is 19.9 Å². The first kappa shape index (κ1) is 14.1. The van der Waals surface area contributed by atoms with Crippen LogP contribution in [0.25, 0.3) is 0 Å². The lowest BCUT2D eigenvalue weighted by atomic mass is 10.0. The molecule has 106 valence electrons. The number of hydrogen-bond acceptors (Lipinski definition) is 3. The van der Waals surface area contributed by atoms with E-state index in [4.69, 9.17) is 5.11 Å². The number of aryl methyl sites for hydroxylation is 2. The Bertz CT molecular complexity index is 450. The number of rotatable bonds is 7. The maximum atomic E-state index is 12.2. The van der Waals surface area contributed by atoms with E-state index in [0.717, 1.165) is 31.4 Å². The van der Waals surface area contributed by atoms with Crippen LogP contribution in [0.3, 0.4) is 0 Å². The van der Waals surface area contributed by atoms with E-state index in [2.05, 4.69) is 10.4 Å². The smallest absolute Gasteiger partial charge is 0.269 e. The Balaban J connectivity index is 1.98. The van der Waals surface area contributed by atoms with E-state index >= 15 is 0 Å². The second-order valence-corrected chi connectivity index (χ2v) is 5.35. The van der Waals surface area contributed by atoms with E-state index in [1.165, 1.54) is 0 Å². The molecule has 0 bridgehead atoms. The summed E-state index contributed by atoms with van der Waals surface area (Å²) in [6.45, 7) is 5.57. The van der Waals surface area contributed by atoms with Crippen molar-refractivity contribution < 1.29 is 9.90 Å². The molecule has 0 saturated heterocycles. The molecule has 1 heterocycles. The van der Waals surface area contributed by atoms with Gasteiger partial charge in [0.1, 0.15) is 5.69 Å². The number of aromatic nitrogens is 2. The average molecular weight is 265 g/mol. The summed E-state index contributed by atoms with van der Waals surface area (Å²) in [6.07, 6.45) is 3.81. The third-order valence-electron chi connectivity index (χ3n) is 3.95. The van der Waals surface area contributed by atoms with Gasteiger partial charge in [-0.25, -0.2) is 0 Å². The molecule has 1 aromatic heterocycles. The Kier molecular flexibility index (Phi) is 4.24. The first-order valence-electron chi connectivity index (χ1n) is 7.10. The average Bonchev–Trinajstić information content (AvgIpc) is 3.05. The lowest BCUT2D eigenvalue weighted by Gasteiger charge is -2.14. The predicted molar refractivity (Wildman–Crippen MR) is 73.0 cm³/mol. The van der Waals surface area contributed by atoms with Crippen LogP contribution in [-0.2, 0) is 13.0 Å². The maximum Gasteiger partial charge on any atom is 0.269 e. The summed E-state index contributed by atoms with van der Waals surface area (Å²) < 4.78 is 1.75. The fraction of sp³-hybridized carbons (Fsp3) is 0.714. The summed E-state index contributed by atoms with van der Waals surface area (Å²) in [7, 11) is 0. The van der Waals surface area contributed by atoms with Crippen molar-refractivity contribution in [2.75, 3.05) is 13.2 Å². The van der Waals surface area contributed by atoms with Crippen LogP contribution < -0.4 is 5.32 Å². The minimum Gasteiger partial charge on any atom is -0.396 e. The van der Waals surface area contributed by atoms with Gasteiger partial charge in [0.05, 0.1) is 5.69 Å². The molecule has 1 amide bonds. The van der Waals surface area contributed by atoms with Crippen molar-refractivity contribution in [1.82, 2.24) is 15.1 Å².